The van der Waals surface area contributed by atoms with Gasteiger partial charge in [0.05, 0.1) is 0 Å². The molecular weight excluding hydrogens is 290 g/mol. The Morgan fingerprint density at radius 2 is 2.00 bits per heavy atom. The fraction of sp³-hybridized carbons (Fsp3) is 0.929. The molecule has 1 heterocycles. The SMILES string of the molecule is CC(C)(C)[Si](C)(C)NC(=O)CCCCC1CCSS1. The van der Waals surface area contributed by atoms with E-state index in [2.05, 4.69) is 38.8 Å². The molecule has 2 nitrogen and oxygen atoms in total. The van der Waals surface area contributed by atoms with Crippen molar-refractivity contribution in [3.63, 3.8) is 0 Å². The summed E-state index contributed by atoms with van der Waals surface area (Å²) in [7, 11) is 2.38. The number of carbonyl (C=O) groups excluding carboxylic acids is 1. The lowest BCUT2D eigenvalue weighted by Gasteiger charge is -2.37. The molecule has 0 saturated carbocycles. The third-order valence-corrected chi connectivity index (χ3v) is 11.9. The van der Waals surface area contributed by atoms with Crippen molar-refractivity contribution in [2.75, 3.05) is 5.75 Å². The predicted octanol–water partition coefficient (Wildman–Crippen LogP) is 4.82. The number of hydrogen-bond acceptors (Lipinski definition) is 3. The van der Waals surface area contributed by atoms with Crippen LogP contribution < -0.4 is 4.98 Å². The van der Waals surface area contributed by atoms with Crippen molar-refractivity contribution >= 4 is 35.7 Å². The van der Waals surface area contributed by atoms with Crippen LogP contribution in [0.5, 0.6) is 0 Å². The van der Waals surface area contributed by atoms with Crippen LogP contribution in [0.1, 0.15) is 52.9 Å². The van der Waals surface area contributed by atoms with E-state index >= 15 is 0 Å². The second-order valence-corrected chi connectivity index (χ2v) is 14.8. The van der Waals surface area contributed by atoms with Crippen molar-refractivity contribution in [1.29, 1.82) is 0 Å². The molecule has 0 aromatic heterocycles. The van der Waals surface area contributed by atoms with Crippen LogP contribution in [-0.4, -0.2) is 25.1 Å². The zero-order chi connectivity index (χ0) is 14.5. The highest BCUT2D eigenvalue weighted by Gasteiger charge is 2.36. The Morgan fingerprint density at radius 3 is 2.53 bits per heavy atom. The molecule has 0 aromatic carbocycles. The topological polar surface area (TPSA) is 29.1 Å². The molecule has 0 aliphatic carbocycles. The first-order valence-corrected chi connectivity index (χ1v) is 12.7. The Kier molecular flexibility index (Phi) is 6.80. The lowest BCUT2D eigenvalue weighted by atomic mass is 10.1. The van der Waals surface area contributed by atoms with Crippen molar-refractivity contribution in [1.82, 2.24) is 4.98 Å². The van der Waals surface area contributed by atoms with Gasteiger partial charge in [0.1, 0.15) is 0 Å². The minimum absolute atomic E-state index is 0.223. The summed E-state index contributed by atoms with van der Waals surface area (Å²) in [6.07, 6.45) is 5.58. The quantitative estimate of drug-likeness (QED) is 0.432. The van der Waals surface area contributed by atoms with E-state index in [9.17, 15) is 4.79 Å². The first-order valence-electron chi connectivity index (χ1n) is 7.32. The van der Waals surface area contributed by atoms with E-state index in [1.807, 2.05) is 21.6 Å². The molecule has 1 unspecified atom stereocenters. The van der Waals surface area contributed by atoms with Gasteiger partial charge >= 0.3 is 0 Å². The molecule has 1 N–H and O–H groups in total. The van der Waals surface area contributed by atoms with Crippen LogP contribution in [0.15, 0.2) is 0 Å². The first kappa shape index (κ1) is 17.4. The summed E-state index contributed by atoms with van der Waals surface area (Å²) in [5.74, 6) is 1.57. The number of hydrogen-bond donors (Lipinski definition) is 1. The summed E-state index contributed by atoms with van der Waals surface area (Å²) in [6, 6.07) is 0. The number of carbonyl (C=O) groups is 1. The summed E-state index contributed by atoms with van der Waals surface area (Å²) < 4.78 is 0. The molecule has 1 rings (SSSR count). The molecule has 1 saturated heterocycles. The first-order chi connectivity index (χ1) is 8.72. The van der Waals surface area contributed by atoms with Gasteiger partial charge < -0.3 is 4.98 Å². The van der Waals surface area contributed by atoms with Gasteiger partial charge in [-0.3, -0.25) is 4.79 Å². The van der Waals surface area contributed by atoms with E-state index in [1.165, 1.54) is 25.0 Å². The Hall–Kier alpha value is 0.387. The van der Waals surface area contributed by atoms with Gasteiger partial charge in [0.15, 0.2) is 8.24 Å². The summed E-state index contributed by atoms with van der Waals surface area (Å²) in [6.45, 7) is 11.2. The Morgan fingerprint density at radius 1 is 1.32 bits per heavy atom. The van der Waals surface area contributed by atoms with E-state index in [1.54, 1.807) is 0 Å². The third-order valence-electron chi connectivity index (χ3n) is 4.23. The van der Waals surface area contributed by atoms with Crippen molar-refractivity contribution in [2.45, 2.75) is 76.3 Å². The van der Waals surface area contributed by atoms with Gasteiger partial charge in [-0.25, -0.2) is 0 Å². The highest BCUT2D eigenvalue weighted by molar-refractivity contribution is 8.77. The molecule has 1 aliphatic rings. The van der Waals surface area contributed by atoms with Gasteiger partial charge in [-0.15, -0.1) is 0 Å². The van der Waals surface area contributed by atoms with Gasteiger partial charge in [-0.2, -0.15) is 0 Å². The molecule has 19 heavy (non-hydrogen) atoms. The maximum Gasteiger partial charge on any atom is 0.212 e. The Bertz CT molecular complexity index is 296. The lowest BCUT2D eigenvalue weighted by molar-refractivity contribution is -0.119. The fourth-order valence-electron chi connectivity index (χ4n) is 1.82. The molecule has 1 atom stereocenters. The van der Waals surface area contributed by atoms with Crippen LogP contribution >= 0.6 is 21.6 Å². The van der Waals surface area contributed by atoms with Crippen LogP contribution in [0, 0.1) is 0 Å². The standard InChI is InChI=1S/C14H29NOS2Si/c1-14(2,3)19(4,5)15-13(16)9-7-6-8-12-10-11-17-18-12/h12H,6-11H2,1-5H3,(H,15,16). The third kappa shape index (κ3) is 6.13. The molecule has 1 fully saturated rings. The monoisotopic (exact) mass is 319 g/mol. The summed E-state index contributed by atoms with van der Waals surface area (Å²) in [5.41, 5.74) is 0. The van der Waals surface area contributed by atoms with Crippen molar-refractivity contribution in [2.24, 2.45) is 0 Å². The Balaban J connectivity index is 2.17. The van der Waals surface area contributed by atoms with E-state index in [0.29, 0.717) is 6.42 Å². The number of nitrogens with one attached hydrogen (secondary N) is 1. The van der Waals surface area contributed by atoms with Gasteiger partial charge in [0.2, 0.25) is 5.91 Å². The van der Waals surface area contributed by atoms with E-state index < -0.39 is 8.24 Å². The number of rotatable bonds is 6. The second kappa shape index (κ2) is 7.41. The van der Waals surface area contributed by atoms with Crippen LogP contribution in [0.25, 0.3) is 0 Å². The Labute approximate surface area is 127 Å². The molecule has 0 spiro atoms. The van der Waals surface area contributed by atoms with Crippen molar-refractivity contribution < 1.29 is 4.79 Å². The largest absolute Gasteiger partial charge is 0.382 e. The molecule has 1 amide bonds. The van der Waals surface area contributed by atoms with Crippen LogP contribution in [0.4, 0.5) is 0 Å². The van der Waals surface area contributed by atoms with Gasteiger partial charge in [0, 0.05) is 17.4 Å². The summed E-state index contributed by atoms with van der Waals surface area (Å²) >= 11 is 0. The van der Waals surface area contributed by atoms with Crippen LogP contribution in [-0.2, 0) is 4.79 Å². The zero-order valence-electron chi connectivity index (χ0n) is 13.0. The molecule has 5 heteroatoms. The minimum Gasteiger partial charge on any atom is -0.382 e. The average Bonchev–Trinajstić information content (AvgIpc) is 2.75. The second-order valence-electron chi connectivity index (χ2n) is 7.00. The van der Waals surface area contributed by atoms with Gasteiger partial charge in [-0.1, -0.05) is 61.9 Å². The highest BCUT2D eigenvalue weighted by Crippen LogP contribution is 2.40. The van der Waals surface area contributed by atoms with Crippen LogP contribution in [0.3, 0.4) is 0 Å². The lowest BCUT2D eigenvalue weighted by Crippen LogP contribution is -2.54. The maximum absolute atomic E-state index is 12.0. The molecule has 0 aromatic rings. The predicted molar refractivity (Wildman–Crippen MR) is 92.3 cm³/mol. The normalized spacial score (nSPS) is 20.6. The summed E-state index contributed by atoms with van der Waals surface area (Å²) in [5, 5.41) is 1.06. The van der Waals surface area contributed by atoms with Crippen LogP contribution in [0.2, 0.25) is 18.1 Å². The van der Waals surface area contributed by atoms with Gasteiger partial charge in [0.25, 0.3) is 0 Å². The van der Waals surface area contributed by atoms with E-state index in [0.717, 1.165) is 11.7 Å². The zero-order valence-corrected chi connectivity index (χ0v) is 15.7. The molecule has 112 valence electrons. The number of unbranched alkanes of at least 4 members (excludes halogenated alkanes) is 1. The smallest absolute Gasteiger partial charge is 0.212 e. The molecule has 0 radical (unpaired) electrons. The van der Waals surface area contributed by atoms with E-state index in [-0.39, 0.29) is 10.9 Å². The van der Waals surface area contributed by atoms with E-state index in [4.69, 9.17) is 0 Å². The highest BCUT2D eigenvalue weighted by atomic mass is 33.1. The molecular formula is C14H29NOS2Si. The molecule has 0 bridgehead atoms. The van der Waals surface area contributed by atoms with Crippen molar-refractivity contribution in [3.05, 3.63) is 0 Å². The minimum atomic E-state index is -1.66. The summed E-state index contributed by atoms with van der Waals surface area (Å²) in [4.78, 5) is 15.3. The maximum atomic E-state index is 12.0. The molecule has 1 aliphatic heterocycles. The number of amides is 1. The average molecular weight is 320 g/mol. The fourth-order valence-corrected chi connectivity index (χ4v) is 6.05. The van der Waals surface area contributed by atoms with Crippen molar-refractivity contribution in [3.8, 4) is 0 Å². The van der Waals surface area contributed by atoms with Gasteiger partial charge in [-0.05, 0) is 24.3 Å².